The van der Waals surface area contributed by atoms with E-state index in [1.54, 1.807) is 12.3 Å². The number of hydrogen-bond donors (Lipinski definition) is 0. The van der Waals surface area contributed by atoms with E-state index < -0.39 is 0 Å². The van der Waals surface area contributed by atoms with Crippen LogP contribution in [0.2, 0.25) is 0 Å². The number of Topliss-reactive ketones (excluding diaryl/α,β-unsaturated/α-hetero) is 1. The maximum Gasteiger partial charge on any atom is 0.166 e. The van der Waals surface area contributed by atoms with Crippen molar-refractivity contribution < 1.29 is 9.18 Å². The van der Waals surface area contributed by atoms with Crippen LogP contribution in [-0.2, 0) is 13.0 Å². The first-order chi connectivity index (χ1) is 9.24. The Morgan fingerprint density at radius 2 is 2.11 bits per heavy atom. The Hall–Kier alpha value is -1.97. The highest BCUT2D eigenvalue weighted by Crippen LogP contribution is 2.21. The molecule has 98 valence electrons. The molecule has 19 heavy (non-hydrogen) atoms. The average molecular weight is 258 g/mol. The van der Waals surface area contributed by atoms with E-state index in [1.807, 2.05) is 10.7 Å². The van der Waals surface area contributed by atoms with Crippen molar-refractivity contribution in [2.24, 2.45) is 0 Å². The fourth-order valence-electron chi connectivity index (χ4n) is 2.56. The van der Waals surface area contributed by atoms with Crippen LogP contribution in [0, 0.1) is 5.82 Å². The Balaban J connectivity index is 1.92. The van der Waals surface area contributed by atoms with Crippen LogP contribution in [0.15, 0.2) is 30.5 Å². The SMILES string of the molecule is O=C1CCCCc2c1cnn2Cc1cccc(F)c1. The minimum absolute atomic E-state index is 0.179. The van der Waals surface area contributed by atoms with Gasteiger partial charge in [-0.15, -0.1) is 0 Å². The van der Waals surface area contributed by atoms with Crippen LogP contribution in [0.4, 0.5) is 4.39 Å². The molecule has 0 fully saturated rings. The van der Waals surface area contributed by atoms with Crippen molar-refractivity contribution in [2.75, 3.05) is 0 Å². The van der Waals surface area contributed by atoms with Gasteiger partial charge in [0.1, 0.15) is 5.82 Å². The van der Waals surface area contributed by atoms with E-state index in [1.165, 1.54) is 12.1 Å². The highest BCUT2D eigenvalue weighted by Gasteiger charge is 2.20. The molecule has 0 N–H and O–H groups in total. The lowest BCUT2D eigenvalue weighted by atomic mass is 10.1. The lowest BCUT2D eigenvalue weighted by Crippen LogP contribution is -2.08. The van der Waals surface area contributed by atoms with Crippen molar-refractivity contribution in [3.05, 3.63) is 53.1 Å². The number of rotatable bonds is 2. The van der Waals surface area contributed by atoms with Crippen molar-refractivity contribution in [3.63, 3.8) is 0 Å². The maximum atomic E-state index is 13.2. The summed E-state index contributed by atoms with van der Waals surface area (Å²) < 4.78 is 15.0. The van der Waals surface area contributed by atoms with Crippen LogP contribution < -0.4 is 0 Å². The molecule has 0 unspecified atom stereocenters. The Morgan fingerprint density at radius 1 is 1.26 bits per heavy atom. The molecule has 1 heterocycles. The van der Waals surface area contributed by atoms with Gasteiger partial charge in [0.25, 0.3) is 0 Å². The molecular formula is C15H15FN2O. The third-order valence-electron chi connectivity index (χ3n) is 3.54. The first-order valence-corrected chi connectivity index (χ1v) is 6.56. The fraction of sp³-hybridized carbons (Fsp3) is 0.333. The summed E-state index contributed by atoms with van der Waals surface area (Å²) in [5, 5.41) is 4.29. The number of carbonyl (C=O) groups excluding carboxylic acids is 1. The van der Waals surface area contributed by atoms with Gasteiger partial charge >= 0.3 is 0 Å². The van der Waals surface area contributed by atoms with E-state index in [0.29, 0.717) is 13.0 Å². The standard InChI is InChI=1S/C15H15FN2O/c16-12-5-3-4-11(8-12)10-18-14-6-1-2-7-15(19)13(14)9-17-18/h3-5,8-9H,1-2,6-7,10H2. The van der Waals surface area contributed by atoms with Gasteiger partial charge in [0.05, 0.1) is 18.3 Å². The van der Waals surface area contributed by atoms with Gasteiger partial charge in [-0.25, -0.2) is 4.39 Å². The lowest BCUT2D eigenvalue weighted by Gasteiger charge is -2.07. The highest BCUT2D eigenvalue weighted by molar-refractivity contribution is 5.97. The molecule has 0 aliphatic heterocycles. The van der Waals surface area contributed by atoms with E-state index in [4.69, 9.17) is 0 Å². The number of halogens is 1. The molecular weight excluding hydrogens is 243 g/mol. The smallest absolute Gasteiger partial charge is 0.166 e. The van der Waals surface area contributed by atoms with Gasteiger partial charge in [-0.3, -0.25) is 9.48 Å². The number of nitrogens with zero attached hydrogens (tertiary/aromatic N) is 2. The van der Waals surface area contributed by atoms with Gasteiger partial charge in [-0.1, -0.05) is 12.1 Å². The molecule has 0 radical (unpaired) electrons. The summed E-state index contributed by atoms with van der Waals surface area (Å²) in [6.07, 6.45) is 5.08. The second-order valence-corrected chi connectivity index (χ2v) is 4.92. The van der Waals surface area contributed by atoms with Crippen molar-refractivity contribution in [1.82, 2.24) is 9.78 Å². The monoisotopic (exact) mass is 258 g/mol. The highest BCUT2D eigenvalue weighted by atomic mass is 19.1. The largest absolute Gasteiger partial charge is 0.294 e. The summed E-state index contributed by atoms with van der Waals surface area (Å²) in [6, 6.07) is 6.50. The predicted octanol–water partition coefficient (Wildman–Crippen LogP) is 2.98. The number of carbonyl (C=O) groups is 1. The number of benzene rings is 1. The summed E-state index contributed by atoms with van der Waals surface area (Å²) in [6.45, 7) is 0.514. The molecule has 2 aromatic rings. The van der Waals surface area contributed by atoms with E-state index in [2.05, 4.69) is 5.10 Å². The van der Waals surface area contributed by atoms with Crippen LogP contribution in [0.3, 0.4) is 0 Å². The number of ketones is 1. The van der Waals surface area contributed by atoms with E-state index in [9.17, 15) is 9.18 Å². The Morgan fingerprint density at radius 3 is 2.95 bits per heavy atom. The third-order valence-corrected chi connectivity index (χ3v) is 3.54. The molecule has 0 saturated carbocycles. The first kappa shape index (κ1) is 12.1. The second kappa shape index (κ2) is 4.96. The topological polar surface area (TPSA) is 34.9 Å². The molecule has 0 atom stereocenters. The first-order valence-electron chi connectivity index (χ1n) is 6.56. The fourth-order valence-corrected chi connectivity index (χ4v) is 2.56. The Bertz CT molecular complexity index is 618. The van der Waals surface area contributed by atoms with Crippen LogP contribution in [0.25, 0.3) is 0 Å². The Kier molecular flexibility index (Phi) is 3.15. The van der Waals surface area contributed by atoms with Gasteiger partial charge in [-0.2, -0.15) is 5.10 Å². The second-order valence-electron chi connectivity index (χ2n) is 4.92. The van der Waals surface area contributed by atoms with Crippen LogP contribution >= 0.6 is 0 Å². The van der Waals surface area contributed by atoms with Gasteiger partial charge in [-0.05, 0) is 37.0 Å². The predicted molar refractivity (Wildman–Crippen MR) is 69.6 cm³/mol. The van der Waals surface area contributed by atoms with Gasteiger partial charge in [0.2, 0.25) is 0 Å². The molecule has 0 spiro atoms. The number of aromatic nitrogens is 2. The third kappa shape index (κ3) is 2.43. The zero-order valence-corrected chi connectivity index (χ0v) is 10.6. The van der Waals surface area contributed by atoms with E-state index >= 15 is 0 Å². The van der Waals surface area contributed by atoms with Gasteiger partial charge < -0.3 is 0 Å². The zero-order chi connectivity index (χ0) is 13.2. The summed E-state index contributed by atoms with van der Waals surface area (Å²) in [5.74, 6) is -0.0650. The maximum absolute atomic E-state index is 13.2. The van der Waals surface area contributed by atoms with Crippen molar-refractivity contribution in [2.45, 2.75) is 32.2 Å². The normalized spacial score (nSPS) is 15.1. The summed E-state index contributed by atoms with van der Waals surface area (Å²) in [7, 11) is 0. The van der Waals surface area contributed by atoms with Crippen LogP contribution in [0.5, 0.6) is 0 Å². The average Bonchev–Trinajstić information content (AvgIpc) is 2.68. The minimum atomic E-state index is -0.244. The molecule has 0 amide bonds. The molecule has 0 saturated heterocycles. The quantitative estimate of drug-likeness (QED) is 0.776. The van der Waals surface area contributed by atoms with Gasteiger partial charge in [0.15, 0.2) is 5.78 Å². The molecule has 3 rings (SSSR count). The van der Waals surface area contributed by atoms with E-state index in [0.717, 1.165) is 36.1 Å². The van der Waals surface area contributed by atoms with Crippen molar-refractivity contribution in [3.8, 4) is 0 Å². The number of hydrogen-bond acceptors (Lipinski definition) is 2. The Labute approximate surface area is 111 Å². The molecule has 1 aliphatic rings. The zero-order valence-electron chi connectivity index (χ0n) is 10.6. The van der Waals surface area contributed by atoms with Gasteiger partial charge in [0, 0.05) is 12.1 Å². The molecule has 0 bridgehead atoms. The minimum Gasteiger partial charge on any atom is -0.294 e. The summed E-state index contributed by atoms with van der Waals surface area (Å²) in [5.41, 5.74) is 2.60. The molecule has 3 nitrogen and oxygen atoms in total. The van der Waals surface area contributed by atoms with Crippen LogP contribution in [-0.4, -0.2) is 15.6 Å². The number of fused-ring (bicyclic) bond motifs is 1. The molecule has 1 aromatic carbocycles. The lowest BCUT2D eigenvalue weighted by molar-refractivity contribution is 0.0982. The van der Waals surface area contributed by atoms with E-state index in [-0.39, 0.29) is 11.6 Å². The molecule has 1 aliphatic carbocycles. The van der Waals surface area contributed by atoms with Crippen molar-refractivity contribution >= 4 is 5.78 Å². The summed E-state index contributed by atoms with van der Waals surface area (Å²) >= 11 is 0. The molecule has 1 aromatic heterocycles. The van der Waals surface area contributed by atoms with Crippen molar-refractivity contribution in [1.29, 1.82) is 0 Å². The summed E-state index contributed by atoms with van der Waals surface area (Å²) in [4.78, 5) is 11.9. The van der Waals surface area contributed by atoms with Crippen LogP contribution in [0.1, 0.15) is 40.9 Å². The molecule has 4 heteroatoms.